The molecular formula is C30H30N2O4S. The van der Waals surface area contributed by atoms with E-state index in [0.717, 1.165) is 21.0 Å². The van der Waals surface area contributed by atoms with Gasteiger partial charge in [-0.15, -0.1) is 0 Å². The first kappa shape index (κ1) is 26.0. The highest BCUT2D eigenvalue weighted by molar-refractivity contribution is 7.92. The molecule has 0 aliphatic rings. The molecular weight excluding hydrogens is 484 g/mol. The van der Waals surface area contributed by atoms with Gasteiger partial charge in [-0.2, -0.15) is 0 Å². The first-order chi connectivity index (χ1) is 17.9. The quantitative estimate of drug-likeness (QED) is 0.303. The van der Waals surface area contributed by atoms with Crippen molar-refractivity contribution in [3.63, 3.8) is 0 Å². The zero-order valence-corrected chi connectivity index (χ0v) is 21.7. The molecule has 0 aliphatic carbocycles. The zero-order chi connectivity index (χ0) is 26.3. The van der Waals surface area contributed by atoms with Gasteiger partial charge in [-0.25, -0.2) is 8.42 Å². The molecule has 4 aromatic carbocycles. The van der Waals surface area contributed by atoms with E-state index in [-0.39, 0.29) is 11.4 Å². The Morgan fingerprint density at radius 3 is 1.86 bits per heavy atom. The molecule has 0 radical (unpaired) electrons. The maximum atomic E-state index is 13.7. The SMILES string of the molecule is CCOc1ccc(N(CC(=O)NC(c2ccccc2)c2ccccc2)S(=O)(=O)c2ccc(C)cc2)cc1. The van der Waals surface area contributed by atoms with Gasteiger partial charge >= 0.3 is 0 Å². The number of anilines is 1. The smallest absolute Gasteiger partial charge is 0.264 e. The summed E-state index contributed by atoms with van der Waals surface area (Å²) in [5, 5.41) is 3.04. The second-order valence-electron chi connectivity index (χ2n) is 8.57. The van der Waals surface area contributed by atoms with Crippen LogP contribution in [0.2, 0.25) is 0 Å². The molecule has 6 nitrogen and oxygen atoms in total. The molecule has 1 N–H and O–H groups in total. The Morgan fingerprint density at radius 2 is 1.35 bits per heavy atom. The Kier molecular flexibility index (Phi) is 8.25. The van der Waals surface area contributed by atoms with Crippen LogP contribution in [-0.2, 0) is 14.8 Å². The number of hydrogen-bond acceptors (Lipinski definition) is 4. The normalized spacial score (nSPS) is 11.2. The number of ether oxygens (including phenoxy) is 1. The van der Waals surface area contributed by atoms with E-state index in [1.165, 1.54) is 0 Å². The number of hydrogen-bond donors (Lipinski definition) is 1. The largest absolute Gasteiger partial charge is 0.494 e. The average Bonchev–Trinajstić information content (AvgIpc) is 2.92. The third-order valence-corrected chi connectivity index (χ3v) is 7.69. The van der Waals surface area contributed by atoms with Gasteiger partial charge in [0.1, 0.15) is 12.3 Å². The predicted octanol–water partition coefficient (Wildman–Crippen LogP) is 5.49. The monoisotopic (exact) mass is 514 g/mol. The van der Waals surface area contributed by atoms with Gasteiger partial charge < -0.3 is 10.1 Å². The van der Waals surface area contributed by atoms with Crippen LogP contribution in [0.5, 0.6) is 5.75 Å². The molecule has 7 heteroatoms. The molecule has 0 heterocycles. The standard InChI is InChI=1S/C30H30N2O4S/c1-3-36-27-18-16-26(17-19-27)32(37(34,35)28-20-14-23(2)15-21-28)22-29(33)31-30(24-10-6-4-7-11-24)25-12-8-5-9-13-25/h4-21,30H,3,22H2,1-2H3,(H,31,33). The van der Waals surface area contributed by atoms with E-state index < -0.39 is 22.0 Å². The third kappa shape index (κ3) is 6.37. The van der Waals surface area contributed by atoms with Crippen molar-refractivity contribution < 1.29 is 17.9 Å². The summed E-state index contributed by atoms with van der Waals surface area (Å²) < 4.78 is 34.1. The van der Waals surface area contributed by atoms with E-state index in [9.17, 15) is 13.2 Å². The first-order valence-corrected chi connectivity index (χ1v) is 13.5. The molecule has 0 unspecified atom stereocenters. The molecule has 0 spiro atoms. The minimum atomic E-state index is -4.02. The lowest BCUT2D eigenvalue weighted by molar-refractivity contribution is -0.120. The average molecular weight is 515 g/mol. The fourth-order valence-electron chi connectivity index (χ4n) is 4.01. The molecule has 4 aromatic rings. The summed E-state index contributed by atoms with van der Waals surface area (Å²) in [5.74, 6) is 0.193. The molecule has 190 valence electrons. The number of amides is 1. The summed E-state index contributed by atoms with van der Waals surface area (Å²) in [6, 6.07) is 32.1. The van der Waals surface area contributed by atoms with E-state index in [1.807, 2.05) is 74.5 Å². The van der Waals surface area contributed by atoms with Crippen molar-refractivity contribution >= 4 is 21.6 Å². The van der Waals surface area contributed by atoms with E-state index >= 15 is 0 Å². The molecule has 0 bridgehead atoms. The number of carbonyl (C=O) groups excluding carboxylic acids is 1. The zero-order valence-electron chi connectivity index (χ0n) is 20.9. The van der Waals surface area contributed by atoms with Gasteiger partial charge in [-0.3, -0.25) is 9.10 Å². The lowest BCUT2D eigenvalue weighted by Crippen LogP contribution is -2.42. The molecule has 0 saturated heterocycles. The first-order valence-electron chi connectivity index (χ1n) is 12.1. The summed E-state index contributed by atoms with van der Waals surface area (Å²) >= 11 is 0. The Bertz CT molecular complexity index is 1370. The van der Waals surface area contributed by atoms with E-state index in [1.54, 1.807) is 48.5 Å². The highest BCUT2D eigenvalue weighted by Gasteiger charge is 2.28. The maximum absolute atomic E-state index is 13.7. The number of aryl methyl sites for hydroxylation is 1. The molecule has 0 saturated carbocycles. The van der Waals surface area contributed by atoms with Gasteiger partial charge in [0.2, 0.25) is 5.91 Å². The van der Waals surface area contributed by atoms with Crippen LogP contribution in [-0.4, -0.2) is 27.5 Å². The van der Waals surface area contributed by atoms with Crippen molar-refractivity contribution in [2.75, 3.05) is 17.5 Å². The van der Waals surface area contributed by atoms with Gasteiger partial charge in [-0.1, -0.05) is 78.4 Å². The summed E-state index contributed by atoms with van der Waals surface area (Å²) in [6.45, 7) is 3.87. The molecule has 37 heavy (non-hydrogen) atoms. The van der Waals surface area contributed by atoms with Crippen LogP contribution in [0.3, 0.4) is 0 Å². The van der Waals surface area contributed by atoms with Crippen molar-refractivity contribution in [3.8, 4) is 5.75 Å². The second kappa shape index (κ2) is 11.8. The topological polar surface area (TPSA) is 75.7 Å². The molecule has 0 aromatic heterocycles. The van der Waals surface area contributed by atoms with Gasteiger partial charge in [0.25, 0.3) is 10.0 Å². The number of rotatable bonds is 10. The summed E-state index contributed by atoms with van der Waals surface area (Å²) in [4.78, 5) is 13.6. The minimum Gasteiger partial charge on any atom is -0.494 e. The molecule has 4 rings (SSSR count). The summed E-state index contributed by atoms with van der Waals surface area (Å²) in [6.07, 6.45) is 0. The Balaban J connectivity index is 1.67. The van der Waals surface area contributed by atoms with E-state index in [0.29, 0.717) is 18.0 Å². The molecule has 0 aliphatic heterocycles. The fraction of sp³-hybridized carbons (Fsp3) is 0.167. The maximum Gasteiger partial charge on any atom is 0.264 e. The van der Waals surface area contributed by atoms with Crippen LogP contribution < -0.4 is 14.4 Å². The minimum absolute atomic E-state index is 0.113. The van der Waals surface area contributed by atoms with Crippen LogP contribution in [0.4, 0.5) is 5.69 Å². The van der Waals surface area contributed by atoms with Crippen molar-refractivity contribution in [1.82, 2.24) is 5.32 Å². The third-order valence-electron chi connectivity index (χ3n) is 5.90. The highest BCUT2D eigenvalue weighted by atomic mass is 32.2. The van der Waals surface area contributed by atoms with Crippen molar-refractivity contribution in [2.45, 2.75) is 24.8 Å². The van der Waals surface area contributed by atoms with Crippen LogP contribution in [0, 0.1) is 6.92 Å². The molecule has 1 amide bonds. The van der Waals surface area contributed by atoms with Crippen LogP contribution in [0.1, 0.15) is 29.7 Å². The van der Waals surface area contributed by atoms with Gasteiger partial charge in [-0.05, 0) is 61.4 Å². The number of nitrogens with one attached hydrogen (secondary N) is 1. The van der Waals surface area contributed by atoms with Crippen LogP contribution >= 0.6 is 0 Å². The lowest BCUT2D eigenvalue weighted by Gasteiger charge is -2.26. The molecule has 0 fully saturated rings. The Hall–Kier alpha value is -4.10. The summed E-state index contributed by atoms with van der Waals surface area (Å²) in [5.41, 5.74) is 3.11. The highest BCUT2D eigenvalue weighted by Crippen LogP contribution is 2.27. The van der Waals surface area contributed by atoms with Gasteiger partial charge in [0.05, 0.1) is 23.2 Å². The number of carbonyl (C=O) groups is 1. The second-order valence-corrected chi connectivity index (χ2v) is 10.4. The van der Waals surface area contributed by atoms with Crippen molar-refractivity contribution in [2.24, 2.45) is 0 Å². The van der Waals surface area contributed by atoms with E-state index in [2.05, 4.69) is 5.32 Å². The van der Waals surface area contributed by atoms with Gasteiger partial charge in [0, 0.05) is 0 Å². The van der Waals surface area contributed by atoms with Crippen molar-refractivity contribution in [3.05, 3.63) is 126 Å². The predicted molar refractivity (Wildman–Crippen MR) is 146 cm³/mol. The lowest BCUT2D eigenvalue weighted by atomic mass is 9.99. The Morgan fingerprint density at radius 1 is 0.811 bits per heavy atom. The van der Waals surface area contributed by atoms with E-state index in [4.69, 9.17) is 4.74 Å². The van der Waals surface area contributed by atoms with Crippen molar-refractivity contribution in [1.29, 1.82) is 0 Å². The number of benzene rings is 4. The van der Waals surface area contributed by atoms with Crippen LogP contribution in [0.25, 0.3) is 0 Å². The molecule has 0 atom stereocenters. The summed E-state index contributed by atoms with van der Waals surface area (Å²) in [7, 11) is -4.02. The number of nitrogens with zero attached hydrogens (tertiary/aromatic N) is 1. The van der Waals surface area contributed by atoms with Gasteiger partial charge in [0.15, 0.2) is 0 Å². The fourth-order valence-corrected chi connectivity index (χ4v) is 5.44. The number of sulfonamides is 1. The van der Waals surface area contributed by atoms with Crippen LogP contribution in [0.15, 0.2) is 114 Å². The Labute approximate surface area is 218 Å².